The highest BCUT2D eigenvalue weighted by Crippen LogP contribution is 2.18. The number of hydrogen-bond donors (Lipinski definition) is 0. The summed E-state index contributed by atoms with van der Waals surface area (Å²) in [5, 5.41) is 0. The van der Waals surface area contributed by atoms with Gasteiger partial charge in [0, 0.05) is 18.3 Å². The number of carbonyl (C=O) groups excluding carboxylic acids is 1. The van der Waals surface area contributed by atoms with E-state index in [1.807, 2.05) is 0 Å². The van der Waals surface area contributed by atoms with Gasteiger partial charge in [0.25, 0.3) is 0 Å². The summed E-state index contributed by atoms with van der Waals surface area (Å²) < 4.78 is 0. The normalized spacial score (nSPS) is 12.4. The molecule has 3 heteroatoms. The van der Waals surface area contributed by atoms with Gasteiger partial charge in [-0.1, -0.05) is 33.1 Å². The largest absolute Gasteiger partial charge is 0.292 e. The molecule has 16 heavy (non-hydrogen) atoms. The summed E-state index contributed by atoms with van der Waals surface area (Å²) in [4.78, 5) is 20.2. The van der Waals surface area contributed by atoms with Crippen LogP contribution in [0, 0.1) is 5.92 Å². The van der Waals surface area contributed by atoms with Crippen molar-refractivity contribution in [3.63, 3.8) is 0 Å². The zero-order valence-corrected chi connectivity index (χ0v) is 10.1. The molecule has 0 N–H and O–H groups in total. The predicted octanol–water partition coefficient (Wildman–Crippen LogP) is 3.27. The van der Waals surface area contributed by atoms with E-state index in [4.69, 9.17) is 0 Å². The van der Waals surface area contributed by atoms with Crippen molar-refractivity contribution in [1.82, 2.24) is 9.97 Å². The first-order valence-corrected chi connectivity index (χ1v) is 6.09. The van der Waals surface area contributed by atoms with Gasteiger partial charge in [0.05, 0.1) is 6.20 Å². The van der Waals surface area contributed by atoms with Gasteiger partial charge in [-0.25, -0.2) is 4.98 Å². The Balaban J connectivity index is 2.67. The number of Topliss-reactive ketones (excluding diaryl/α,β-unsaturated/α-hetero) is 1. The molecular weight excluding hydrogens is 200 g/mol. The third-order valence-electron chi connectivity index (χ3n) is 2.73. The lowest BCUT2D eigenvalue weighted by atomic mass is 9.91. The van der Waals surface area contributed by atoms with Crippen LogP contribution in [-0.4, -0.2) is 15.8 Å². The molecule has 0 bridgehead atoms. The molecule has 1 heterocycles. The fourth-order valence-electron chi connectivity index (χ4n) is 1.84. The van der Waals surface area contributed by atoms with E-state index in [1.165, 1.54) is 0 Å². The Kier molecular flexibility index (Phi) is 5.68. The highest BCUT2D eigenvalue weighted by atomic mass is 16.1. The lowest BCUT2D eigenvalue weighted by Crippen LogP contribution is -2.16. The van der Waals surface area contributed by atoms with Crippen molar-refractivity contribution in [3.05, 3.63) is 24.3 Å². The van der Waals surface area contributed by atoms with E-state index in [9.17, 15) is 4.79 Å². The molecule has 1 rings (SSSR count). The molecule has 1 atom stereocenters. The van der Waals surface area contributed by atoms with Gasteiger partial charge in [0.15, 0.2) is 5.78 Å². The minimum Gasteiger partial charge on any atom is -0.292 e. The van der Waals surface area contributed by atoms with Crippen molar-refractivity contribution in [2.24, 2.45) is 5.92 Å². The summed E-state index contributed by atoms with van der Waals surface area (Å²) >= 11 is 0. The molecule has 1 aromatic rings. The molecule has 0 radical (unpaired) electrons. The Hall–Kier alpha value is -1.25. The molecule has 0 saturated heterocycles. The molecule has 88 valence electrons. The van der Waals surface area contributed by atoms with Crippen LogP contribution in [0.4, 0.5) is 0 Å². The summed E-state index contributed by atoms with van der Waals surface area (Å²) in [6, 6.07) is 0. The van der Waals surface area contributed by atoms with E-state index >= 15 is 0 Å². The summed E-state index contributed by atoms with van der Waals surface area (Å²) in [6.45, 7) is 4.26. The summed E-state index contributed by atoms with van der Waals surface area (Å²) in [6.07, 6.45) is 9.95. The fourth-order valence-corrected chi connectivity index (χ4v) is 1.84. The predicted molar refractivity (Wildman–Crippen MR) is 64.3 cm³/mol. The number of ketones is 1. The molecule has 0 aliphatic rings. The maximum Gasteiger partial charge on any atom is 0.185 e. The van der Waals surface area contributed by atoms with Crippen molar-refractivity contribution < 1.29 is 4.79 Å². The highest BCUT2D eigenvalue weighted by Gasteiger charge is 2.19. The number of carbonyl (C=O) groups is 1. The SMILES string of the molecule is CCCCC(CCC)C(=O)c1cnccn1. The average molecular weight is 220 g/mol. The van der Waals surface area contributed by atoms with Gasteiger partial charge in [-0.2, -0.15) is 0 Å². The molecule has 0 amide bonds. The molecule has 0 fully saturated rings. The van der Waals surface area contributed by atoms with Crippen LogP contribution in [0.5, 0.6) is 0 Å². The van der Waals surface area contributed by atoms with Crippen LogP contribution < -0.4 is 0 Å². The van der Waals surface area contributed by atoms with E-state index in [0.717, 1.165) is 32.1 Å². The van der Waals surface area contributed by atoms with E-state index in [1.54, 1.807) is 18.6 Å². The molecule has 0 saturated carbocycles. The smallest absolute Gasteiger partial charge is 0.185 e. The van der Waals surface area contributed by atoms with Crippen molar-refractivity contribution in [3.8, 4) is 0 Å². The van der Waals surface area contributed by atoms with Crippen LogP contribution in [0.3, 0.4) is 0 Å². The first kappa shape index (κ1) is 12.8. The number of rotatable bonds is 7. The average Bonchev–Trinajstić information content (AvgIpc) is 2.35. The second-order valence-corrected chi connectivity index (χ2v) is 4.08. The quantitative estimate of drug-likeness (QED) is 0.662. The van der Waals surface area contributed by atoms with Gasteiger partial charge in [-0.05, 0) is 12.8 Å². The van der Waals surface area contributed by atoms with Gasteiger partial charge >= 0.3 is 0 Å². The second kappa shape index (κ2) is 7.09. The first-order valence-electron chi connectivity index (χ1n) is 6.09. The molecule has 0 aromatic carbocycles. The molecule has 0 aliphatic carbocycles. The molecule has 0 aliphatic heterocycles. The van der Waals surface area contributed by atoms with Crippen molar-refractivity contribution in [1.29, 1.82) is 0 Å². The lowest BCUT2D eigenvalue weighted by molar-refractivity contribution is 0.0898. The maximum atomic E-state index is 12.1. The zero-order valence-electron chi connectivity index (χ0n) is 10.1. The Morgan fingerprint density at radius 3 is 2.62 bits per heavy atom. The Labute approximate surface area is 97.3 Å². The van der Waals surface area contributed by atoms with Crippen molar-refractivity contribution >= 4 is 5.78 Å². The summed E-state index contributed by atoms with van der Waals surface area (Å²) in [5.74, 6) is 0.282. The molecule has 0 spiro atoms. The third-order valence-corrected chi connectivity index (χ3v) is 2.73. The standard InChI is InChI=1S/C13H20N2O/c1-3-5-7-11(6-4-2)13(16)12-10-14-8-9-15-12/h8-11H,3-7H2,1-2H3. The fraction of sp³-hybridized carbons (Fsp3) is 0.615. The van der Waals surface area contributed by atoms with Crippen LogP contribution in [0.25, 0.3) is 0 Å². The number of unbranched alkanes of at least 4 members (excludes halogenated alkanes) is 1. The summed E-state index contributed by atoms with van der Waals surface area (Å²) in [5.41, 5.74) is 0.511. The molecule has 3 nitrogen and oxygen atoms in total. The number of hydrogen-bond acceptors (Lipinski definition) is 3. The lowest BCUT2D eigenvalue weighted by Gasteiger charge is -2.13. The zero-order chi connectivity index (χ0) is 11.8. The van der Waals surface area contributed by atoms with Gasteiger partial charge < -0.3 is 0 Å². The number of nitrogens with zero attached hydrogens (tertiary/aromatic N) is 2. The monoisotopic (exact) mass is 220 g/mol. The van der Waals surface area contributed by atoms with Crippen LogP contribution in [0.2, 0.25) is 0 Å². The molecule has 1 aromatic heterocycles. The highest BCUT2D eigenvalue weighted by molar-refractivity contribution is 5.95. The molecular formula is C13H20N2O. The minimum absolute atomic E-state index is 0.127. The first-order chi connectivity index (χ1) is 7.79. The van der Waals surface area contributed by atoms with Gasteiger partial charge in [-0.3, -0.25) is 9.78 Å². The maximum absolute atomic E-state index is 12.1. The second-order valence-electron chi connectivity index (χ2n) is 4.08. The van der Waals surface area contributed by atoms with Crippen LogP contribution >= 0.6 is 0 Å². The number of aromatic nitrogens is 2. The Morgan fingerprint density at radius 1 is 1.25 bits per heavy atom. The van der Waals surface area contributed by atoms with Crippen LogP contribution in [-0.2, 0) is 0 Å². The van der Waals surface area contributed by atoms with Crippen molar-refractivity contribution in [2.45, 2.75) is 46.0 Å². The van der Waals surface area contributed by atoms with E-state index < -0.39 is 0 Å². The topological polar surface area (TPSA) is 42.9 Å². The Bertz CT molecular complexity index is 311. The van der Waals surface area contributed by atoms with Gasteiger partial charge in [0.2, 0.25) is 0 Å². The van der Waals surface area contributed by atoms with Gasteiger partial charge in [0.1, 0.15) is 5.69 Å². The summed E-state index contributed by atoms with van der Waals surface area (Å²) in [7, 11) is 0. The van der Waals surface area contributed by atoms with E-state index in [-0.39, 0.29) is 11.7 Å². The Morgan fingerprint density at radius 2 is 2.06 bits per heavy atom. The van der Waals surface area contributed by atoms with Gasteiger partial charge in [-0.15, -0.1) is 0 Å². The van der Waals surface area contributed by atoms with Crippen LogP contribution in [0.15, 0.2) is 18.6 Å². The van der Waals surface area contributed by atoms with E-state index in [2.05, 4.69) is 23.8 Å². The minimum atomic E-state index is 0.127. The third kappa shape index (κ3) is 3.72. The van der Waals surface area contributed by atoms with Crippen molar-refractivity contribution in [2.75, 3.05) is 0 Å². The van der Waals surface area contributed by atoms with E-state index in [0.29, 0.717) is 5.69 Å². The van der Waals surface area contributed by atoms with Crippen LogP contribution in [0.1, 0.15) is 56.4 Å². The molecule has 1 unspecified atom stereocenters.